The number of nitrogens with zero attached hydrogens (tertiary/aromatic N) is 3. The maximum Gasteiger partial charge on any atom is 0.259 e. The number of imidazole rings is 1. The van der Waals surface area contributed by atoms with Gasteiger partial charge in [-0.05, 0) is 66.4 Å². The maximum absolute atomic E-state index is 13.0. The second kappa shape index (κ2) is 10.8. The van der Waals surface area contributed by atoms with Crippen LogP contribution in [-0.4, -0.2) is 32.4 Å². The highest BCUT2D eigenvalue weighted by atomic mass is 16.2. The number of fused-ring (bicyclic) bond motifs is 1. The highest BCUT2D eigenvalue weighted by molar-refractivity contribution is 6.04. The van der Waals surface area contributed by atoms with Gasteiger partial charge in [0.15, 0.2) is 0 Å². The van der Waals surface area contributed by atoms with Crippen molar-refractivity contribution in [3.05, 3.63) is 90.8 Å². The fourth-order valence-electron chi connectivity index (χ4n) is 3.74. The Morgan fingerprint density at radius 3 is 2.59 bits per heavy atom. The second-order valence-corrected chi connectivity index (χ2v) is 10.0. The Kier molecular flexibility index (Phi) is 7.50. The van der Waals surface area contributed by atoms with Crippen molar-refractivity contribution in [2.75, 3.05) is 10.6 Å². The van der Waals surface area contributed by atoms with Crippen molar-refractivity contribution in [2.45, 2.75) is 40.3 Å². The fraction of sp³-hybridized carbons (Fsp3) is 0.241. The highest BCUT2D eigenvalue weighted by Crippen LogP contribution is 2.28. The van der Waals surface area contributed by atoms with Gasteiger partial charge in [-0.2, -0.15) is 0 Å². The van der Waals surface area contributed by atoms with E-state index < -0.39 is 0 Å². The standard InChI is InChI=1S/C29H32N6O2/c1-6-26(36)32-22-10-7-11-23(16-22)35-25-13-12-20(17-31-19(2)29(3,4)5)15-24(25)33-28(35)34-27(37)21-9-8-14-30-18-21/h6-16,18-19,31H,1,17H2,2-5H3,(H,32,36)(H,33,34,37)/t19-/m0/s1. The van der Waals surface area contributed by atoms with E-state index in [4.69, 9.17) is 4.98 Å². The van der Waals surface area contributed by atoms with E-state index in [1.54, 1.807) is 24.4 Å². The van der Waals surface area contributed by atoms with Crippen LogP contribution in [0, 0.1) is 5.41 Å². The first-order valence-electron chi connectivity index (χ1n) is 12.2. The lowest BCUT2D eigenvalue weighted by molar-refractivity contribution is -0.111. The normalized spacial score (nSPS) is 12.2. The molecule has 190 valence electrons. The molecular weight excluding hydrogens is 464 g/mol. The van der Waals surface area contributed by atoms with Crippen LogP contribution in [0.4, 0.5) is 11.6 Å². The predicted octanol–water partition coefficient (Wildman–Crippen LogP) is 5.32. The Morgan fingerprint density at radius 2 is 1.89 bits per heavy atom. The summed E-state index contributed by atoms with van der Waals surface area (Å²) in [6.45, 7) is 13.0. The van der Waals surface area contributed by atoms with Crippen molar-refractivity contribution in [1.82, 2.24) is 19.9 Å². The fourth-order valence-corrected chi connectivity index (χ4v) is 3.74. The number of carbonyl (C=O) groups is 2. The summed E-state index contributed by atoms with van der Waals surface area (Å²) >= 11 is 0. The summed E-state index contributed by atoms with van der Waals surface area (Å²) < 4.78 is 1.86. The molecule has 2 heterocycles. The lowest BCUT2D eigenvalue weighted by Crippen LogP contribution is -2.37. The number of aromatic nitrogens is 3. The van der Waals surface area contributed by atoms with E-state index in [1.165, 1.54) is 12.3 Å². The third kappa shape index (κ3) is 6.10. The largest absolute Gasteiger partial charge is 0.322 e. The third-order valence-corrected chi connectivity index (χ3v) is 6.34. The van der Waals surface area contributed by atoms with Crippen LogP contribution in [0.5, 0.6) is 0 Å². The summed E-state index contributed by atoms with van der Waals surface area (Å²) in [6, 6.07) is 17.1. The van der Waals surface area contributed by atoms with Gasteiger partial charge in [0.2, 0.25) is 11.9 Å². The summed E-state index contributed by atoms with van der Waals surface area (Å²) in [5, 5.41) is 9.29. The maximum atomic E-state index is 13.0. The van der Waals surface area contributed by atoms with Crippen LogP contribution in [0.3, 0.4) is 0 Å². The Hall–Kier alpha value is -4.30. The predicted molar refractivity (Wildman–Crippen MR) is 148 cm³/mol. The minimum atomic E-state index is -0.318. The quantitative estimate of drug-likeness (QED) is 0.287. The zero-order valence-electron chi connectivity index (χ0n) is 21.6. The van der Waals surface area contributed by atoms with Gasteiger partial charge in [0.05, 0.1) is 22.3 Å². The van der Waals surface area contributed by atoms with Crippen LogP contribution >= 0.6 is 0 Å². The summed E-state index contributed by atoms with van der Waals surface area (Å²) in [6.07, 6.45) is 4.34. The minimum absolute atomic E-state index is 0.140. The number of nitrogens with one attached hydrogen (secondary N) is 3. The second-order valence-electron chi connectivity index (χ2n) is 10.0. The SMILES string of the molecule is C=CC(=O)Nc1cccc(-n2c(NC(=O)c3cccnc3)nc3cc(CN[C@@H](C)C(C)(C)C)ccc32)c1. The summed E-state index contributed by atoms with van der Waals surface area (Å²) in [5.74, 6) is -0.259. The van der Waals surface area contributed by atoms with Crippen molar-refractivity contribution in [3.8, 4) is 5.69 Å². The van der Waals surface area contributed by atoms with E-state index in [0.29, 0.717) is 29.8 Å². The number of rotatable bonds is 8. The molecule has 0 bridgehead atoms. The van der Waals surface area contributed by atoms with Crippen LogP contribution in [-0.2, 0) is 11.3 Å². The molecule has 37 heavy (non-hydrogen) atoms. The molecule has 4 rings (SSSR count). The number of hydrogen-bond donors (Lipinski definition) is 3. The van der Waals surface area contributed by atoms with E-state index in [1.807, 2.05) is 34.9 Å². The molecule has 0 radical (unpaired) electrons. The van der Waals surface area contributed by atoms with E-state index in [2.05, 4.69) is 61.3 Å². The minimum Gasteiger partial charge on any atom is -0.322 e. The average molecular weight is 497 g/mol. The molecule has 2 aromatic carbocycles. The molecule has 0 fully saturated rings. The third-order valence-electron chi connectivity index (χ3n) is 6.34. The molecule has 0 spiro atoms. The molecule has 0 aliphatic rings. The van der Waals surface area contributed by atoms with Gasteiger partial charge >= 0.3 is 0 Å². The zero-order valence-corrected chi connectivity index (χ0v) is 21.6. The first-order valence-corrected chi connectivity index (χ1v) is 12.2. The van der Waals surface area contributed by atoms with Gasteiger partial charge in [0.25, 0.3) is 5.91 Å². The molecule has 0 saturated carbocycles. The van der Waals surface area contributed by atoms with Gasteiger partial charge < -0.3 is 10.6 Å². The number of carbonyl (C=O) groups excluding carboxylic acids is 2. The molecule has 8 nitrogen and oxygen atoms in total. The summed E-state index contributed by atoms with van der Waals surface area (Å²) in [7, 11) is 0. The van der Waals surface area contributed by atoms with Gasteiger partial charge in [-0.1, -0.05) is 39.5 Å². The Balaban J connectivity index is 1.74. The summed E-state index contributed by atoms with van der Waals surface area (Å²) in [4.78, 5) is 33.6. The number of hydrogen-bond acceptors (Lipinski definition) is 5. The molecule has 0 unspecified atom stereocenters. The molecule has 0 saturated heterocycles. The molecule has 2 amide bonds. The van der Waals surface area contributed by atoms with Crippen LogP contribution in [0.1, 0.15) is 43.6 Å². The van der Waals surface area contributed by atoms with E-state index in [9.17, 15) is 9.59 Å². The first-order chi connectivity index (χ1) is 17.7. The smallest absolute Gasteiger partial charge is 0.259 e. The number of benzene rings is 2. The molecule has 4 aromatic rings. The van der Waals surface area contributed by atoms with Crippen LogP contribution in [0.25, 0.3) is 16.7 Å². The Labute approximate surface area is 216 Å². The Morgan fingerprint density at radius 1 is 1.08 bits per heavy atom. The zero-order chi connectivity index (χ0) is 26.6. The van der Waals surface area contributed by atoms with Gasteiger partial charge in [-0.15, -0.1) is 0 Å². The van der Waals surface area contributed by atoms with Crippen LogP contribution < -0.4 is 16.0 Å². The van der Waals surface area contributed by atoms with Gasteiger partial charge in [-0.3, -0.25) is 24.5 Å². The molecule has 3 N–H and O–H groups in total. The van der Waals surface area contributed by atoms with Crippen molar-refractivity contribution in [2.24, 2.45) is 5.41 Å². The first kappa shape index (κ1) is 25.8. The Bertz CT molecular complexity index is 1440. The molecular formula is C29H32N6O2. The number of amides is 2. The van der Waals surface area contributed by atoms with E-state index in [0.717, 1.165) is 22.3 Å². The van der Waals surface area contributed by atoms with Crippen LogP contribution in [0.2, 0.25) is 0 Å². The molecule has 8 heteroatoms. The van der Waals surface area contributed by atoms with Crippen molar-refractivity contribution >= 4 is 34.5 Å². The van der Waals surface area contributed by atoms with E-state index >= 15 is 0 Å². The lowest BCUT2D eigenvalue weighted by Gasteiger charge is -2.28. The van der Waals surface area contributed by atoms with Gasteiger partial charge in [0.1, 0.15) is 0 Å². The van der Waals surface area contributed by atoms with Crippen molar-refractivity contribution < 1.29 is 9.59 Å². The lowest BCUT2D eigenvalue weighted by atomic mass is 9.88. The monoisotopic (exact) mass is 496 g/mol. The molecule has 2 aromatic heterocycles. The molecule has 0 aliphatic heterocycles. The van der Waals surface area contributed by atoms with Gasteiger partial charge in [-0.25, -0.2) is 4.98 Å². The van der Waals surface area contributed by atoms with Gasteiger partial charge in [0, 0.05) is 30.7 Å². The van der Waals surface area contributed by atoms with E-state index in [-0.39, 0.29) is 17.2 Å². The number of anilines is 2. The molecule has 0 aliphatic carbocycles. The number of pyridine rings is 1. The summed E-state index contributed by atoms with van der Waals surface area (Å²) in [5.41, 5.74) is 4.55. The van der Waals surface area contributed by atoms with Crippen molar-refractivity contribution in [3.63, 3.8) is 0 Å². The van der Waals surface area contributed by atoms with Crippen LogP contribution in [0.15, 0.2) is 79.6 Å². The highest BCUT2D eigenvalue weighted by Gasteiger charge is 2.20. The molecule has 1 atom stereocenters. The van der Waals surface area contributed by atoms with Crippen molar-refractivity contribution in [1.29, 1.82) is 0 Å². The average Bonchev–Trinajstić information content (AvgIpc) is 3.24. The topological polar surface area (TPSA) is 101 Å².